The van der Waals surface area contributed by atoms with Crippen LogP contribution in [-0.4, -0.2) is 60.6 Å². The number of carbonyl (C=O) groups excluding carboxylic acids is 3. The van der Waals surface area contributed by atoms with E-state index in [0.29, 0.717) is 19.5 Å². The largest absolute Gasteiger partial charge is 0.497 e. The molecule has 1 heterocycles. The summed E-state index contributed by atoms with van der Waals surface area (Å²) in [5, 5.41) is 9.38. The Morgan fingerprint density at radius 3 is 2.43 bits per heavy atom. The molecule has 2 aromatic rings. The average molecular weight is 509 g/mol. The molecule has 3 N–H and O–H groups in total. The van der Waals surface area contributed by atoms with Crippen LogP contribution in [0, 0.1) is 0 Å². The predicted molar refractivity (Wildman–Crippen MR) is 139 cm³/mol. The first-order chi connectivity index (χ1) is 17.9. The molecule has 9 nitrogen and oxygen atoms in total. The number of benzene rings is 2. The predicted octanol–water partition coefficient (Wildman–Crippen LogP) is 2.74. The number of methoxy groups -OCH3 is 1. The second-order valence-electron chi connectivity index (χ2n) is 9.69. The first kappa shape index (κ1) is 26.5. The molecule has 0 radical (unpaired) electrons. The van der Waals surface area contributed by atoms with E-state index in [2.05, 4.69) is 16.0 Å². The summed E-state index contributed by atoms with van der Waals surface area (Å²) in [4.78, 5) is 39.3. The summed E-state index contributed by atoms with van der Waals surface area (Å²) < 4.78 is 10.5. The smallest absolute Gasteiger partial charge is 0.408 e. The van der Waals surface area contributed by atoms with E-state index in [1.807, 2.05) is 59.5 Å². The van der Waals surface area contributed by atoms with E-state index in [1.165, 1.54) is 6.92 Å². The fourth-order valence-electron chi connectivity index (χ4n) is 5.21. The van der Waals surface area contributed by atoms with Crippen LogP contribution in [-0.2, 0) is 27.5 Å². The van der Waals surface area contributed by atoms with Gasteiger partial charge in [0.1, 0.15) is 18.4 Å². The second kappa shape index (κ2) is 12.6. The van der Waals surface area contributed by atoms with Crippen LogP contribution in [0.15, 0.2) is 54.6 Å². The lowest BCUT2D eigenvalue weighted by atomic mass is 9.85. The number of nitrogens with zero attached hydrogens (tertiary/aromatic N) is 1. The molecule has 0 spiro atoms. The van der Waals surface area contributed by atoms with Crippen molar-refractivity contribution in [2.75, 3.05) is 13.7 Å². The van der Waals surface area contributed by atoms with E-state index in [-0.39, 0.29) is 36.5 Å². The fraction of sp³-hybridized carbons (Fsp3) is 0.464. The molecule has 1 aliphatic carbocycles. The number of likely N-dealkylation sites (tertiary alicyclic amines) is 1. The van der Waals surface area contributed by atoms with E-state index >= 15 is 0 Å². The molecule has 198 valence electrons. The lowest BCUT2D eigenvalue weighted by molar-refractivity contribution is -0.133. The minimum Gasteiger partial charge on any atom is -0.497 e. The van der Waals surface area contributed by atoms with Gasteiger partial charge in [-0.15, -0.1) is 0 Å². The molecule has 37 heavy (non-hydrogen) atoms. The number of ether oxygens (including phenoxy) is 2. The molecule has 4 atom stereocenters. The lowest BCUT2D eigenvalue weighted by Crippen LogP contribution is -2.58. The van der Waals surface area contributed by atoms with Gasteiger partial charge in [0, 0.05) is 26.1 Å². The Balaban J connectivity index is 1.30. The van der Waals surface area contributed by atoms with Gasteiger partial charge in [-0.1, -0.05) is 42.5 Å². The first-order valence-electron chi connectivity index (χ1n) is 12.8. The molecular weight excluding hydrogens is 472 g/mol. The van der Waals surface area contributed by atoms with E-state index in [0.717, 1.165) is 36.1 Å². The van der Waals surface area contributed by atoms with Crippen LogP contribution in [0.1, 0.15) is 43.7 Å². The Morgan fingerprint density at radius 2 is 1.73 bits per heavy atom. The molecule has 2 fully saturated rings. The summed E-state index contributed by atoms with van der Waals surface area (Å²) in [7, 11) is 1.65. The molecule has 2 aromatic carbocycles. The highest BCUT2D eigenvalue weighted by atomic mass is 16.5. The van der Waals surface area contributed by atoms with Gasteiger partial charge in [0.25, 0.3) is 0 Å². The summed E-state index contributed by atoms with van der Waals surface area (Å²) in [6.45, 7) is 2.90. The highest BCUT2D eigenvalue weighted by Gasteiger charge is 2.42. The van der Waals surface area contributed by atoms with Crippen LogP contribution in [0.3, 0.4) is 0 Å². The van der Waals surface area contributed by atoms with E-state index in [9.17, 15) is 14.4 Å². The summed E-state index contributed by atoms with van der Waals surface area (Å²) in [6, 6.07) is 16.7. The molecule has 4 rings (SSSR count). The van der Waals surface area contributed by atoms with Crippen molar-refractivity contribution in [1.29, 1.82) is 0 Å². The van der Waals surface area contributed by atoms with Crippen LogP contribution in [0.2, 0.25) is 0 Å². The fourth-order valence-corrected chi connectivity index (χ4v) is 5.21. The minimum atomic E-state index is -0.618. The van der Waals surface area contributed by atoms with Gasteiger partial charge in [0.2, 0.25) is 11.8 Å². The molecule has 0 bridgehead atoms. The van der Waals surface area contributed by atoms with Crippen LogP contribution in [0.25, 0.3) is 0 Å². The number of hydrogen-bond donors (Lipinski definition) is 3. The number of alkyl carbamates (subject to hydrolysis) is 1. The maximum Gasteiger partial charge on any atom is 0.408 e. The van der Waals surface area contributed by atoms with Gasteiger partial charge in [0.05, 0.1) is 19.2 Å². The normalized spacial score (nSPS) is 23.4. The van der Waals surface area contributed by atoms with Crippen molar-refractivity contribution in [2.45, 2.75) is 69.9 Å². The summed E-state index contributed by atoms with van der Waals surface area (Å²) >= 11 is 0. The third-order valence-corrected chi connectivity index (χ3v) is 7.10. The average Bonchev–Trinajstić information content (AvgIpc) is 3.26. The second-order valence-corrected chi connectivity index (χ2v) is 9.69. The van der Waals surface area contributed by atoms with E-state index in [1.54, 1.807) is 7.11 Å². The van der Waals surface area contributed by atoms with E-state index in [4.69, 9.17) is 9.47 Å². The summed E-state index contributed by atoms with van der Waals surface area (Å²) in [6.07, 6.45) is 2.29. The van der Waals surface area contributed by atoms with Crippen LogP contribution < -0.4 is 20.7 Å². The SMILES string of the molecule is COc1ccc(CN[C@@H]2CC[C@H](N3CC[C@H](NC(=O)OCc4ccccc4)C3=O)[C@H](NC(C)=O)C2)cc1. The van der Waals surface area contributed by atoms with E-state index < -0.39 is 12.1 Å². The van der Waals surface area contributed by atoms with Crippen molar-refractivity contribution in [2.24, 2.45) is 0 Å². The van der Waals surface area contributed by atoms with Crippen molar-refractivity contribution in [3.8, 4) is 5.75 Å². The number of rotatable bonds is 9. The van der Waals surface area contributed by atoms with Gasteiger partial charge in [-0.25, -0.2) is 4.79 Å². The topological polar surface area (TPSA) is 109 Å². The Morgan fingerprint density at radius 1 is 0.973 bits per heavy atom. The number of nitrogens with one attached hydrogen (secondary N) is 3. The third-order valence-electron chi connectivity index (χ3n) is 7.10. The van der Waals surface area contributed by atoms with Gasteiger partial charge >= 0.3 is 6.09 Å². The molecular formula is C28H36N4O5. The zero-order valence-electron chi connectivity index (χ0n) is 21.4. The summed E-state index contributed by atoms with van der Waals surface area (Å²) in [5.74, 6) is 0.584. The number of carbonyl (C=O) groups is 3. The van der Waals surface area contributed by atoms with Gasteiger partial charge in [-0.3, -0.25) is 9.59 Å². The lowest BCUT2D eigenvalue weighted by Gasteiger charge is -2.41. The van der Waals surface area contributed by atoms with Crippen molar-refractivity contribution in [1.82, 2.24) is 20.9 Å². The minimum absolute atomic E-state index is 0.109. The van der Waals surface area contributed by atoms with Crippen molar-refractivity contribution in [3.05, 3.63) is 65.7 Å². The third kappa shape index (κ3) is 7.22. The maximum atomic E-state index is 13.2. The first-order valence-corrected chi connectivity index (χ1v) is 12.8. The molecule has 1 saturated carbocycles. The Bertz CT molecular complexity index is 1060. The number of hydrogen-bond acceptors (Lipinski definition) is 6. The molecule has 2 aliphatic rings. The van der Waals surface area contributed by atoms with Crippen molar-refractivity contribution >= 4 is 17.9 Å². The molecule has 1 saturated heterocycles. The quantitative estimate of drug-likeness (QED) is 0.481. The standard InChI is InChI=1S/C28H36N4O5/c1-19(33)30-25-16-22(29-17-20-8-11-23(36-2)12-9-20)10-13-26(25)32-15-14-24(27(32)34)31-28(35)37-18-21-6-4-3-5-7-21/h3-9,11-12,22,24-26,29H,10,13-18H2,1-2H3,(H,30,33)(H,31,35)/t22-,24+,25-,26+/m1/s1. The Labute approximate surface area is 217 Å². The van der Waals surface area contributed by atoms with Gasteiger partial charge in [-0.2, -0.15) is 0 Å². The maximum absolute atomic E-state index is 13.2. The molecule has 0 unspecified atom stereocenters. The van der Waals surface area contributed by atoms with Gasteiger partial charge in [-0.05, 0) is 48.9 Å². The number of amides is 3. The zero-order chi connectivity index (χ0) is 26.2. The molecule has 1 aliphatic heterocycles. The zero-order valence-corrected chi connectivity index (χ0v) is 21.4. The van der Waals surface area contributed by atoms with Crippen molar-refractivity contribution in [3.63, 3.8) is 0 Å². The van der Waals surface area contributed by atoms with Crippen LogP contribution in [0.5, 0.6) is 5.75 Å². The Kier molecular flexibility index (Phi) is 9.00. The highest BCUT2D eigenvalue weighted by Crippen LogP contribution is 2.28. The van der Waals surface area contributed by atoms with Crippen molar-refractivity contribution < 1.29 is 23.9 Å². The molecule has 3 amide bonds. The highest BCUT2D eigenvalue weighted by molar-refractivity contribution is 5.88. The monoisotopic (exact) mass is 508 g/mol. The van der Waals surface area contributed by atoms with Gasteiger partial charge in [0.15, 0.2) is 0 Å². The molecule has 0 aromatic heterocycles. The van der Waals surface area contributed by atoms with Crippen LogP contribution in [0.4, 0.5) is 4.79 Å². The van der Waals surface area contributed by atoms with Gasteiger partial charge < -0.3 is 30.3 Å². The molecule has 9 heteroatoms. The Hall–Kier alpha value is -3.59. The summed E-state index contributed by atoms with van der Waals surface area (Å²) in [5.41, 5.74) is 2.04. The van der Waals surface area contributed by atoms with Crippen LogP contribution >= 0.6 is 0 Å².